The number of aryl methyl sites for hydroxylation is 1. The Bertz CT molecular complexity index is 620. The summed E-state index contributed by atoms with van der Waals surface area (Å²) < 4.78 is 0. The van der Waals surface area contributed by atoms with E-state index in [2.05, 4.69) is 22.2 Å². The van der Waals surface area contributed by atoms with Crippen LogP contribution in [-0.2, 0) is 11.2 Å². The summed E-state index contributed by atoms with van der Waals surface area (Å²) in [5.41, 5.74) is 2.85. The van der Waals surface area contributed by atoms with E-state index < -0.39 is 0 Å². The minimum Gasteiger partial charge on any atom is -0.367 e. The molecule has 1 aromatic carbocycles. The Balaban J connectivity index is 1.93. The van der Waals surface area contributed by atoms with E-state index in [1.165, 1.54) is 0 Å². The summed E-state index contributed by atoms with van der Waals surface area (Å²) in [6.07, 6.45) is 3.77. The van der Waals surface area contributed by atoms with Gasteiger partial charge in [0.05, 0.1) is 18.3 Å². The summed E-state index contributed by atoms with van der Waals surface area (Å²) in [6.45, 7) is 6.30. The fraction of sp³-hybridized carbons (Fsp3) is 0.176. The molecule has 4 nitrogen and oxygen atoms in total. The molecule has 1 amide bonds. The molecule has 0 fully saturated rings. The van der Waals surface area contributed by atoms with Crippen LogP contribution in [0.2, 0.25) is 0 Å². The first-order chi connectivity index (χ1) is 10.2. The van der Waals surface area contributed by atoms with Gasteiger partial charge in [0, 0.05) is 6.54 Å². The van der Waals surface area contributed by atoms with Crippen molar-refractivity contribution >= 4 is 17.4 Å². The SMILES string of the molecule is C=CCNc1ccc(NC(=O)Cc2ccccc2C)cn1. The highest BCUT2D eigenvalue weighted by atomic mass is 16.1. The van der Waals surface area contributed by atoms with E-state index >= 15 is 0 Å². The monoisotopic (exact) mass is 281 g/mol. The second-order valence-electron chi connectivity index (χ2n) is 4.75. The number of aromatic nitrogens is 1. The minimum absolute atomic E-state index is 0.0436. The molecule has 0 saturated carbocycles. The van der Waals surface area contributed by atoms with Gasteiger partial charge in [0.15, 0.2) is 0 Å². The zero-order chi connectivity index (χ0) is 15.1. The van der Waals surface area contributed by atoms with Crippen LogP contribution in [0.1, 0.15) is 11.1 Å². The summed E-state index contributed by atoms with van der Waals surface area (Å²) in [4.78, 5) is 16.2. The smallest absolute Gasteiger partial charge is 0.228 e. The first kappa shape index (κ1) is 14.8. The minimum atomic E-state index is -0.0436. The van der Waals surface area contributed by atoms with Gasteiger partial charge in [-0.15, -0.1) is 6.58 Å². The molecule has 108 valence electrons. The molecule has 1 aromatic heterocycles. The molecule has 0 aliphatic rings. The molecule has 2 N–H and O–H groups in total. The number of anilines is 2. The number of hydrogen-bond acceptors (Lipinski definition) is 3. The highest BCUT2D eigenvalue weighted by molar-refractivity contribution is 5.92. The maximum atomic E-state index is 12.0. The Labute approximate surface area is 124 Å². The Hall–Kier alpha value is -2.62. The Morgan fingerprint density at radius 3 is 2.76 bits per heavy atom. The van der Waals surface area contributed by atoms with Crippen molar-refractivity contribution in [3.05, 3.63) is 66.4 Å². The van der Waals surface area contributed by atoms with Gasteiger partial charge < -0.3 is 10.6 Å². The third-order valence-corrected chi connectivity index (χ3v) is 3.09. The molecular weight excluding hydrogens is 262 g/mol. The average molecular weight is 281 g/mol. The zero-order valence-electron chi connectivity index (χ0n) is 12.1. The summed E-state index contributed by atoms with van der Waals surface area (Å²) >= 11 is 0. The van der Waals surface area contributed by atoms with Crippen molar-refractivity contribution in [3.8, 4) is 0 Å². The number of amides is 1. The van der Waals surface area contributed by atoms with Crippen molar-refractivity contribution in [2.45, 2.75) is 13.3 Å². The molecular formula is C17H19N3O. The number of nitrogens with zero attached hydrogens (tertiary/aromatic N) is 1. The normalized spacial score (nSPS) is 9.95. The van der Waals surface area contributed by atoms with E-state index in [4.69, 9.17) is 0 Å². The molecule has 2 rings (SSSR count). The Morgan fingerprint density at radius 1 is 1.29 bits per heavy atom. The van der Waals surface area contributed by atoms with Crippen LogP contribution in [-0.4, -0.2) is 17.4 Å². The molecule has 0 aliphatic heterocycles. The van der Waals surface area contributed by atoms with Crippen molar-refractivity contribution < 1.29 is 4.79 Å². The maximum absolute atomic E-state index is 12.0. The predicted octanol–water partition coefficient (Wildman–Crippen LogP) is 3.17. The van der Waals surface area contributed by atoms with Crippen LogP contribution in [0.4, 0.5) is 11.5 Å². The number of carbonyl (C=O) groups excluding carboxylic acids is 1. The van der Waals surface area contributed by atoms with Gasteiger partial charge in [-0.1, -0.05) is 30.3 Å². The number of pyridine rings is 1. The fourth-order valence-corrected chi connectivity index (χ4v) is 1.94. The summed E-state index contributed by atoms with van der Waals surface area (Å²) in [6, 6.07) is 11.5. The van der Waals surface area contributed by atoms with Crippen LogP contribution in [0.25, 0.3) is 0 Å². The topological polar surface area (TPSA) is 54.0 Å². The molecule has 0 unspecified atom stereocenters. The molecule has 0 bridgehead atoms. The Morgan fingerprint density at radius 2 is 2.10 bits per heavy atom. The summed E-state index contributed by atoms with van der Waals surface area (Å²) in [7, 11) is 0. The van der Waals surface area contributed by atoms with E-state index in [0.717, 1.165) is 16.9 Å². The molecule has 0 atom stereocenters. The average Bonchev–Trinajstić information content (AvgIpc) is 2.49. The maximum Gasteiger partial charge on any atom is 0.228 e. The molecule has 0 saturated heterocycles. The van der Waals surface area contributed by atoms with E-state index in [1.54, 1.807) is 12.3 Å². The van der Waals surface area contributed by atoms with Gasteiger partial charge in [0.25, 0.3) is 0 Å². The first-order valence-electron chi connectivity index (χ1n) is 6.84. The lowest BCUT2D eigenvalue weighted by Crippen LogP contribution is -2.15. The molecule has 0 aliphatic carbocycles. The van der Waals surface area contributed by atoms with Crippen LogP contribution >= 0.6 is 0 Å². The highest BCUT2D eigenvalue weighted by Crippen LogP contribution is 2.12. The van der Waals surface area contributed by atoms with Gasteiger partial charge in [-0.05, 0) is 30.2 Å². The summed E-state index contributed by atoms with van der Waals surface area (Å²) in [5, 5.41) is 5.93. The Kier molecular flexibility index (Phi) is 5.10. The second-order valence-corrected chi connectivity index (χ2v) is 4.75. The molecule has 2 aromatic rings. The third-order valence-electron chi connectivity index (χ3n) is 3.09. The highest BCUT2D eigenvalue weighted by Gasteiger charge is 2.06. The number of rotatable bonds is 6. The van der Waals surface area contributed by atoms with Gasteiger partial charge in [-0.2, -0.15) is 0 Å². The lowest BCUT2D eigenvalue weighted by molar-refractivity contribution is -0.115. The van der Waals surface area contributed by atoms with Gasteiger partial charge in [-0.3, -0.25) is 4.79 Å². The van der Waals surface area contributed by atoms with Gasteiger partial charge in [0.1, 0.15) is 5.82 Å². The number of benzene rings is 1. The lowest BCUT2D eigenvalue weighted by Gasteiger charge is -2.08. The van der Waals surface area contributed by atoms with E-state index in [1.807, 2.05) is 43.3 Å². The van der Waals surface area contributed by atoms with Crippen molar-refractivity contribution in [1.82, 2.24) is 4.98 Å². The van der Waals surface area contributed by atoms with Crippen LogP contribution < -0.4 is 10.6 Å². The number of nitrogens with one attached hydrogen (secondary N) is 2. The van der Waals surface area contributed by atoms with Crippen molar-refractivity contribution in [2.75, 3.05) is 17.2 Å². The van der Waals surface area contributed by atoms with Gasteiger partial charge >= 0.3 is 0 Å². The zero-order valence-corrected chi connectivity index (χ0v) is 12.1. The number of carbonyl (C=O) groups is 1. The first-order valence-corrected chi connectivity index (χ1v) is 6.84. The second kappa shape index (κ2) is 7.24. The fourth-order valence-electron chi connectivity index (χ4n) is 1.94. The molecule has 4 heteroatoms. The standard InChI is InChI=1S/C17H19N3O/c1-3-10-18-16-9-8-15(12-19-16)20-17(21)11-14-7-5-4-6-13(14)2/h3-9,12H,1,10-11H2,2H3,(H,18,19)(H,20,21). The largest absolute Gasteiger partial charge is 0.367 e. The number of hydrogen-bond donors (Lipinski definition) is 2. The van der Waals surface area contributed by atoms with Crippen molar-refractivity contribution in [3.63, 3.8) is 0 Å². The van der Waals surface area contributed by atoms with E-state index in [0.29, 0.717) is 18.7 Å². The van der Waals surface area contributed by atoms with Gasteiger partial charge in [0.2, 0.25) is 5.91 Å². The predicted molar refractivity (Wildman–Crippen MR) is 86.4 cm³/mol. The molecule has 0 radical (unpaired) electrons. The molecule has 0 spiro atoms. The van der Waals surface area contributed by atoms with Crippen LogP contribution in [0.15, 0.2) is 55.3 Å². The van der Waals surface area contributed by atoms with E-state index in [9.17, 15) is 4.79 Å². The summed E-state index contributed by atoms with van der Waals surface area (Å²) in [5.74, 6) is 0.713. The molecule has 1 heterocycles. The van der Waals surface area contributed by atoms with Crippen molar-refractivity contribution in [2.24, 2.45) is 0 Å². The van der Waals surface area contributed by atoms with Gasteiger partial charge in [-0.25, -0.2) is 4.98 Å². The van der Waals surface area contributed by atoms with Crippen LogP contribution in [0, 0.1) is 6.92 Å². The van der Waals surface area contributed by atoms with E-state index in [-0.39, 0.29) is 5.91 Å². The van der Waals surface area contributed by atoms with Crippen molar-refractivity contribution in [1.29, 1.82) is 0 Å². The van der Waals surface area contributed by atoms with Crippen LogP contribution in [0.3, 0.4) is 0 Å². The molecule has 21 heavy (non-hydrogen) atoms. The van der Waals surface area contributed by atoms with Crippen LogP contribution in [0.5, 0.6) is 0 Å². The lowest BCUT2D eigenvalue weighted by atomic mass is 10.1. The third kappa shape index (κ3) is 4.45. The quantitative estimate of drug-likeness (QED) is 0.800.